The number of nitrogens with zero attached hydrogens (tertiary/aromatic N) is 3. The Balaban J connectivity index is 1.72. The van der Waals surface area contributed by atoms with Gasteiger partial charge < -0.3 is 29.1 Å². The van der Waals surface area contributed by atoms with Gasteiger partial charge in [0.1, 0.15) is 24.2 Å². The Kier molecular flexibility index (Phi) is 8.66. The summed E-state index contributed by atoms with van der Waals surface area (Å²) in [5, 5.41) is 10.2. The number of aliphatic hydroxyl groups is 1. The maximum atomic E-state index is 14.4. The molecule has 4 heterocycles. The molecule has 0 aromatic heterocycles. The average molecular weight is 534 g/mol. The van der Waals surface area contributed by atoms with Crippen LogP contribution in [0.25, 0.3) is 0 Å². The average Bonchev–Trinajstić information content (AvgIpc) is 3.43. The smallest absolute Gasteiger partial charge is 0.313 e. The molecule has 0 saturated carbocycles. The van der Waals surface area contributed by atoms with Crippen LogP contribution in [0.2, 0.25) is 0 Å². The number of likely N-dealkylation sites (tertiary alicyclic amines) is 1. The lowest BCUT2D eigenvalue weighted by Gasteiger charge is -2.40. The maximum absolute atomic E-state index is 14.4. The van der Waals surface area contributed by atoms with Gasteiger partial charge in [-0.1, -0.05) is 32.6 Å². The summed E-state index contributed by atoms with van der Waals surface area (Å²) in [5.41, 5.74) is -2.12. The summed E-state index contributed by atoms with van der Waals surface area (Å²) in [6.07, 6.45) is 4.10. The molecule has 2 bridgehead atoms. The number of fused-ring (bicyclic) bond motifs is 1. The number of hydrogen-bond acceptors (Lipinski definition) is 8. The normalized spacial score (nSPS) is 35.2. The van der Waals surface area contributed by atoms with E-state index >= 15 is 0 Å². The molecular weight excluding hydrogens is 490 g/mol. The first-order chi connectivity index (χ1) is 18.2. The van der Waals surface area contributed by atoms with Gasteiger partial charge in [-0.25, -0.2) is 0 Å². The lowest BCUT2D eigenvalue weighted by Crippen LogP contribution is -2.59. The second-order valence-electron chi connectivity index (χ2n) is 11.1. The van der Waals surface area contributed by atoms with Crippen LogP contribution in [0.1, 0.15) is 33.6 Å². The van der Waals surface area contributed by atoms with Crippen molar-refractivity contribution in [3.05, 3.63) is 25.3 Å². The molecule has 38 heavy (non-hydrogen) atoms. The van der Waals surface area contributed by atoms with E-state index in [0.29, 0.717) is 45.7 Å². The number of aliphatic hydroxyl groups excluding tert-OH is 1. The first kappa shape index (κ1) is 28.7. The molecule has 0 aliphatic carbocycles. The Morgan fingerprint density at radius 2 is 2.00 bits per heavy atom. The standard InChI is InChI=1S/C28H43N3O7/c1-6-9-30(11-10-29-12-15-36-16-13-29)25(34)23-28-17-19(4)27(5,38-28)22(26(35)37-14-7-2)21(28)24(33)31(23)20(8-3)18-32/h6-7,19-23,32H,1-2,8-18H2,3-5H3/t19?,20-,21-,22+,23?,27-,28?/m0/s1. The topological polar surface area (TPSA) is 109 Å². The number of morpholine rings is 1. The third kappa shape index (κ3) is 4.59. The summed E-state index contributed by atoms with van der Waals surface area (Å²) >= 11 is 0. The minimum Gasteiger partial charge on any atom is -0.461 e. The zero-order valence-electron chi connectivity index (χ0n) is 23.0. The zero-order valence-corrected chi connectivity index (χ0v) is 23.0. The molecule has 4 aliphatic rings. The Morgan fingerprint density at radius 1 is 1.29 bits per heavy atom. The Hall–Kier alpha value is -2.27. The third-order valence-corrected chi connectivity index (χ3v) is 9.11. The van der Waals surface area contributed by atoms with Crippen LogP contribution in [0.3, 0.4) is 0 Å². The van der Waals surface area contributed by atoms with Gasteiger partial charge in [0.25, 0.3) is 0 Å². The number of carbonyl (C=O) groups excluding carboxylic acids is 3. The highest BCUT2D eigenvalue weighted by atomic mass is 16.6. The fourth-order valence-electron chi connectivity index (χ4n) is 7.06. The highest BCUT2D eigenvalue weighted by Crippen LogP contribution is 2.65. The van der Waals surface area contributed by atoms with Crippen molar-refractivity contribution in [1.82, 2.24) is 14.7 Å². The molecule has 3 unspecified atom stereocenters. The summed E-state index contributed by atoms with van der Waals surface area (Å²) in [5.74, 6) is -2.88. The molecule has 212 valence electrons. The number of carbonyl (C=O) groups is 3. The van der Waals surface area contributed by atoms with Crippen molar-refractivity contribution in [2.75, 3.05) is 59.2 Å². The molecule has 0 aromatic rings. The van der Waals surface area contributed by atoms with Crippen LogP contribution in [-0.4, -0.2) is 120 Å². The number of esters is 1. The molecule has 4 saturated heterocycles. The Morgan fingerprint density at radius 3 is 2.61 bits per heavy atom. The zero-order chi connectivity index (χ0) is 27.7. The SMILES string of the molecule is C=CCOC(=O)[C@H]1[C@H]2C(=O)N([C@@H](CC)CO)C(C(=O)N(CC=C)CCN3CCOCC3)C23CC(C)[C@]1(C)O3. The molecule has 0 aromatic carbocycles. The summed E-state index contributed by atoms with van der Waals surface area (Å²) < 4.78 is 17.6. The number of ether oxygens (including phenoxy) is 3. The fourth-order valence-corrected chi connectivity index (χ4v) is 7.06. The van der Waals surface area contributed by atoms with Crippen molar-refractivity contribution in [2.45, 2.75) is 56.9 Å². The van der Waals surface area contributed by atoms with Crippen molar-refractivity contribution < 1.29 is 33.7 Å². The van der Waals surface area contributed by atoms with Gasteiger partial charge in [-0.2, -0.15) is 0 Å². The highest BCUT2D eigenvalue weighted by molar-refractivity contribution is 5.98. The summed E-state index contributed by atoms with van der Waals surface area (Å²) in [6, 6.07) is -1.53. The van der Waals surface area contributed by atoms with Gasteiger partial charge in [0.2, 0.25) is 11.8 Å². The molecule has 4 aliphatic heterocycles. The largest absolute Gasteiger partial charge is 0.461 e. The predicted molar refractivity (Wildman–Crippen MR) is 140 cm³/mol. The molecule has 10 heteroatoms. The fraction of sp³-hybridized carbons (Fsp3) is 0.750. The number of amides is 2. The van der Waals surface area contributed by atoms with E-state index in [1.54, 1.807) is 11.0 Å². The van der Waals surface area contributed by atoms with Crippen LogP contribution in [0.5, 0.6) is 0 Å². The second kappa shape index (κ2) is 11.5. The van der Waals surface area contributed by atoms with E-state index in [0.717, 1.165) is 13.1 Å². The highest BCUT2D eigenvalue weighted by Gasteiger charge is 2.80. The maximum Gasteiger partial charge on any atom is 0.313 e. The van der Waals surface area contributed by atoms with Crippen molar-refractivity contribution in [3.8, 4) is 0 Å². The van der Waals surface area contributed by atoms with Gasteiger partial charge in [0.15, 0.2) is 0 Å². The first-order valence-electron chi connectivity index (χ1n) is 13.8. The van der Waals surface area contributed by atoms with E-state index in [1.807, 2.05) is 20.8 Å². The van der Waals surface area contributed by atoms with E-state index in [1.165, 1.54) is 11.0 Å². The van der Waals surface area contributed by atoms with Crippen LogP contribution in [0.4, 0.5) is 0 Å². The molecule has 4 fully saturated rings. The number of hydrogen-bond donors (Lipinski definition) is 1. The van der Waals surface area contributed by atoms with Gasteiger partial charge in [-0.3, -0.25) is 19.3 Å². The summed E-state index contributed by atoms with van der Waals surface area (Å²) in [4.78, 5) is 47.4. The number of rotatable bonds is 12. The van der Waals surface area contributed by atoms with Gasteiger partial charge in [-0.05, 0) is 25.7 Å². The molecule has 2 amide bonds. The third-order valence-electron chi connectivity index (χ3n) is 9.11. The summed E-state index contributed by atoms with van der Waals surface area (Å²) in [7, 11) is 0. The first-order valence-corrected chi connectivity index (χ1v) is 13.8. The van der Waals surface area contributed by atoms with Crippen LogP contribution >= 0.6 is 0 Å². The molecular formula is C28H43N3O7. The second-order valence-corrected chi connectivity index (χ2v) is 11.1. The van der Waals surface area contributed by atoms with E-state index in [9.17, 15) is 19.5 Å². The van der Waals surface area contributed by atoms with E-state index in [2.05, 4.69) is 18.1 Å². The van der Waals surface area contributed by atoms with Crippen LogP contribution < -0.4 is 0 Å². The Bertz CT molecular complexity index is 933. The van der Waals surface area contributed by atoms with Crippen LogP contribution in [0.15, 0.2) is 25.3 Å². The van der Waals surface area contributed by atoms with Crippen molar-refractivity contribution in [2.24, 2.45) is 17.8 Å². The lowest BCUT2D eigenvalue weighted by molar-refractivity contribution is -0.163. The quantitative estimate of drug-likeness (QED) is 0.291. The van der Waals surface area contributed by atoms with Crippen molar-refractivity contribution in [3.63, 3.8) is 0 Å². The minimum absolute atomic E-state index is 0.0304. The van der Waals surface area contributed by atoms with E-state index in [-0.39, 0.29) is 30.9 Å². The summed E-state index contributed by atoms with van der Waals surface area (Å²) in [6.45, 7) is 17.3. The van der Waals surface area contributed by atoms with Gasteiger partial charge in [-0.15, -0.1) is 6.58 Å². The monoisotopic (exact) mass is 533 g/mol. The predicted octanol–water partition coefficient (Wildman–Crippen LogP) is 0.844. The molecule has 1 spiro atoms. The van der Waals surface area contributed by atoms with Gasteiger partial charge in [0.05, 0.1) is 37.4 Å². The van der Waals surface area contributed by atoms with E-state index < -0.39 is 41.1 Å². The Labute approximate surface area is 225 Å². The molecule has 7 atom stereocenters. The lowest BCUT2D eigenvalue weighted by atomic mass is 9.62. The van der Waals surface area contributed by atoms with Gasteiger partial charge >= 0.3 is 5.97 Å². The molecule has 0 radical (unpaired) electrons. The minimum atomic E-state index is -1.18. The molecule has 4 rings (SSSR count). The van der Waals surface area contributed by atoms with Crippen molar-refractivity contribution >= 4 is 17.8 Å². The van der Waals surface area contributed by atoms with Crippen molar-refractivity contribution in [1.29, 1.82) is 0 Å². The van der Waals surface area contributed by atoms with Crippen LogP contribution in [0, 0.1) is 17.8 Å². The molecule has 1 N–H and O–H groups in total. The van der Waals surface area contributed by atoms with Gasteiger partial charge in [0, 0.05) is 32.7 Å². The molecule has 10 nitrogen and oxygen atoms in total. The van der Waals surface area contributed by atoms with Crippen LogP contribution in [-0.2, 0) is 28.6 Å². The van der Waals surface area contributed by atoms with E-state index in [4.69, 9.17) is 14.2 Å².